The molecule has 1 heterocycles. The molecule has 1 aromatic heterocycles. The molecular formula is C15H9FN2O2S. The van der Waals surface area contributed by atoms with Gasteiger partial charge in [-0.1, -0.05) is 42.1 Å². The Morgan fingerprint density at radius 2 is 1.76 bits per heavy atom. The number of nitrogens with zero attached hydrogens (tertiary/aromatic N) is 2. The lowest BCUT2D eigenvalue weighted by Crippen LogP contribution is -2.05. The number of carboxylic acids is 1. The Hall–Kier alpha value is -2.47. The number of aromatic nitrogens is 2. The largest absolute Gasteiger partial charge is 0.475 e. The Morgan fingerprint density at radius 3 is 2.52 bits per heavy atom. The molecule has 0 aliphatic heterocycles. The number of rotatable bonds is 3. The van der Waals surface area contributed by atoms with Gasteiger partial charge in [-0.05, 0) is 18.2 Å². The number of fused-ring (bicyclic) bond motifs is 1. The topological polar surface area (TPSA) is 63.1 Å². The molecule has 3 aromatic rings. The quantitative estimate of drug-likeness (QED) is 0.748. The number of hydrogen-bond acceptors (Lipinski definition) is 4. The number of hydrogen-bond donors (Lipinski definition) is 1. The molecule has 104 valence electrons. The summed E-state index contributed by atoms with van der Waals surface area (Å²) in [6.45, 7) is 0. The molecule has 0 saturated carbocycles. The van der Waals surface area contributed by atoms with E-state index in [9.17, 15) is 9.18 Å². The summed E-state index contributed by atoms with van der Waals surface area (Å²) in [5.74, 6) is -1.88. The van der Waals surface area contributed by atoms with Crippen LogP contribution in [-0.2, 0) is 0 Å². The van der Waals surface area contributed by atoms with Crippen molar-refractivity contribution in [3.8, 4) is 0 Å². The molecule has 0 aliphatic rings. The number of benzene rings is 2. The minimum Gasteiger partial charge on any atom is -0.475 e. The van der Waals surface area contributed by atoms with Crippen LogP contribution in [-0.4, -0.2) is 21.0 Å². The maximum absolute atomic E-state index is 13.8. The fraction of sp³-hybridized carbons (Fsp3) is 0. The summed E-state index contributed by atoms with van der Waals surface area (Å²) in [7, 11) is 0. The number of carbonyl (C=O) groups is 1. The van der Waals surface area contributed by atoms with Crippen molar-refractivity contribution in [3.05, 3.63) is 60.2 Å². The summed E-state index contributed by atoms with van der Waals surface area (Å²) in [5.41, 5.74) is 0.517. The third kappa shape index (κ3) is 2.71. The van der Waals surface area contributed by atoms with E-state index in [0.29, 0.717) is 20.8 Å². The fourth-order valence-electron chi connectivity index (χ4n) is 1.85. The predicted octanol–water partition coefficient (Wildman–Crippen LogP) is 3.62. The molecule has 6 heteroatoms. The average molecular weight is 300 g/mol. The van der Waals surface area contributed by atoms with Crippen LogP contribution < -0.4 is 0 Å². The molecule has 2 aromatic carbocycles. The molecule has 21 heavy (non-hydrogen) atoms. The Morgan fingerprint density at radius 1 is 1.05 bits per heavy atom. The van der Waals surface area contributed by atoms with Crippen LogP contribution in [0.4, 0.5) is 4.39 Å². The van der Waals surface area contributed by atoms with E-state index in [0.717, 1.165) is 11.8 Å². The molecule has 3 rings (SSSR count). The van der Waals surface area contributed by atoms with E-state index >= 15 is 0 Å². The highest BCUT2D eigenvalue weighted by Gasteiger charge is 2.14. The summed E-state index contributed by atoms with van der Waals surface area (Å²) in [4.78, 5) is 19.5. The summed E-state index contributed by atoms with van der Waals surface area (Å²) in [6.07, 6.45) is 0. The normalized spacial score (nSPS) is 10.7. The van der Waals surface area contributed by atoms with E-state index in [4.69, 9.17) is 5.11 Å². The van der Waals surface area contributed by atoms with Crippen molar-refractivity contribution in [1.29, 1.82) is 0 Å². The molecule has 0 saturated heterocycles. The molecule has 0 amide bonds. The minimum atomic E-state index is -1.21. The highest BCUT2D eigenvalue weighted by atomic mass is 32.2. The highest BCUT2D eigenvalue weighted by Crippen LogP contribution is 2.32. The molecule has 0 bridgehead atoms. The Bertz CT molecular complexity index is 839. The molecule has 0 spiro atoms. The number of aromatic carboxylic acids is 1. The highest BCUT2D eigenvalue weighted by molar-refractivity contribution is 7.99. The van der Waals surface area contributed by atoms with E-state index < -0.39 is 5.97 Å². The summed E-state index contributed by atoms with van der Waals surface area (Å²) < 4.78 is 13.8. The van der Waals surface area contributed by atoms with Crippen LogP contribution in [0.1, 0.15) is 10.6 Å². The van der Waals surface area contributed by atoms with Gasteiger partial charge in [0.15, 0.2) is 0 Å². The zero-order chi connectivity index (χ0) is 14.8. The smallest absolute Gasteiger partial charge is 0.373 e. The van der Waals surface area contributed by atoms with Gasteiger partial charge in [0.05, 0.1) is 5.52 Å². The zero-order valence-corrected chi connectivity index (χ0v) is 11.5. The van der Waals surface area contributed by atoms with Crippen molar-refractivity contribution in [2.45, 2.75) is 9.92 Å². The molecule has 0 aliphatic carbocycles. The summed E-state index contributed by atoms with van der Waals surface area (Å²) >= 11 is 1.09. The monoisotopic (exact) mass is 300 g/mol. The molecule has 0 atom stereocenters. The lowest BCUT2D eigenvalue weighted by atomic mass is 10.2. The van der Waals surface area contributed by atoms with Crippen LogP contribution in [0.5, 0.6) is 0 Å². The van der Waals surface area contributed by atoms with Gasteiger partial charge in [0.1, 0.15) is 10.8 Å². The summed E-state index contributed by atoms with van der Waals surface area (Å²) in [5, 5.41) is 10.2. The molecule has 0 unspecified atom stereocenters. The van der Waals surface area contributed by atoms with Gasteiger partial charge in [-0.2, -0.15) is 0 Å². The lowest BCUT2D eigenvalue weighted by molar-refractivity contribution is 0.0683. The van der Waals surface area contributed by atoms with Crippen molar-refractivity contribution < 1.29 is 14.3 Å². The van der Waals surface area contributed by atoms with E-state index in [1.54, 1.807) is 42.5 Å². The number of para-hydroxylation sites is 1. The van der Waals surface area contributed by atoms with Gasteiger partial charge in [0.2, 0.25) is 5.82 Å². The third-order valence-electron chi connectivity index (χ3n) is 2.80. The standard InChI is InChI=1S/C15H9FN2O2S/c16-10-6-2-4-8-12(10)21-14-9-5-1-3-7-11(9)17-13(18-14)15(19)20/h1-8H,(H,19,20). The van der Waals surface area contributed by atoms with Crippen LogP contribution in [0, 0.1) is 5.82 Å². The first kappa shape index (κ1) is 13.5. The first-order valence-corrected chi connectivity index (χ1v) is 6.89. The van der Waals surface area contributed by atoms with Crippen LogP contribution in [0.2, 0.25) is 0 Å². The Kier molecular flexibility index (Phi) is 3.53. The Labute approximate surface area is 123 Å². The second kappa shape index (κ2) is 5.49. The third-order valence-corrected chi connectivity index (χ3v) is 3.86. The van der Waals surface area contributed by atoms with E-state index in [2.05, 4.69) is 9.97 Å². The number of halogens is 1. The first-order valence-electron chi connectivity index (χ1n) is 6.07. The van der Waals surface area contributed by atoms with Crippen LogP contribution in [0.15, 0.2) is 58.5 Å². The maximum atomic E-state index is 13.8. The van der Waals surface area contributed by atoms with Gasteiger partial charge in [-0.3, -0.25) is 0 Å². The van der Waals surface area contributed by atoms with E-state index in [1.165, 1.54) is 6.07 Å². The van der Waals surface area contributed by atoms with Crippen molar-refractivity contribution in [1.82, 2.24) is 9.97 Å². The zero-order valence-electron chi connectivity index (χ0n) is 10.7. The van der Waals surface area contributed by atoms with Crippen molar-refractivity contribution in [2.24, 2.45) is 0 Å². The van der Waals surface area contributed by atoms with Gasteiger partial charge in [0, 0.05) is 10.3 Å². The minimum absolute atomic E-state index is 0.299. The van der Waals surface area contributed by atoms with Gasteiger partial charge >= 0.3 is 5.97 Å². The average Bonchev–Trinajstić information content (AvgIpc) is 2.49. The molecule has 0 radical (unpaired) electrons. The van der Waals surface area contributed by atoms with E-state index in [1.807, 2.05) is 0 Å². The first-order chi connectivity index (χ1) is 10.1. The second-order valence-corrected chi connectivity index (χ2v) is 5.24. The van der Waals surface area contributed by atoms with Gasteiger partial charge in [-0.15, -0.1) is 0 Å². The molecular weight excluding hydrogens is 291 g/mol. The van der Waals surface area contributed by atoms with E-state index in [-0.39, 0.29) is 11.6 Å². The van der Waals surface area contributed by atoms with Gasteiger partial charge in [0.25, 0.3) is 0 Å². The maximum Gasteiger partial charge on any atom is 0.373 e. The van der Waals surface area contributed by atoms with Crippen LogP contribution >= 0.6 is 11.8 Å². The fourth-order valence-corrected chi connectivity index (χ4v) is 2.79. The lowest BCUT2D eigenvalue weighted by Gasteiger charge is -2.07. The molecule has 1 N–H and O–H groups in total. The van der Waals surface area contributed by atoms with Crippen molar-refractivity contribution in [3.63, 3.8) is 0 Å². The second-order valence-electron chi connectivity index (χ2n) is 4.21. The Balaban J connectivity index is 2.16. The van der Waals surface area contributed by atoms with Gasteiger partial charge in [-0.25, -0.2) is 19.2 Å². The molecule has 4 nitrogen and oxygen atoms in total. The van der Waals surface area contributed by atoms with Gasteiger partial charge < -0.3 is 5.11 Å². The summed E-state index contributed by atoms with van der Waals surface area (Å²) in [6, 6.07) is 13.3. The van der Waals surface area contributed by atoms with Crippen LogP contribution in [0.3, 0.4) is 0 Å². The van der Waals surface area contributed by atoms with Crippen molar-refractivity contribution in [2.75, 3.05) is 0 Å². The predicted molar refractivity (Wildman–Crippen MR) is 77.0 cm³/mol. The van der Waals surface area contributed by atoms with Crippen LogP contribution in [0.25, 0.3) is 10.9 Å². The molecule has 0 fully saturated rings. The number of carboxylic acid groups (broad SMARTS) is 1. The SMILES string of the molecule is O=C(O)c1nc(Sc2ccccc2F)c2ccccc2n1. The van der Waals surface area contributed by atoms with Crippen molar-refractivity contribution >= 4 is 28.6 Å².